The normalized spacial score (nSPS) is 10.3. The van der Waals surface area contributed by atoms with Gasteiger partial charge in [0.2, 0.25) is 0 Å². The first-order chi connectivity index (χ1) is 10.0. The second-order valence-electron chi connectivity index (χ2n) is 4.66. The molecule has 0 saturated carbocycles. The Morgan fingerprint density at radius 2 is 1.81 bits per heavy atom. The molecule has 2 rings (SSSR count). The van der Waals surface area contributed by atoms with Crippen molar-refractivity contribution in [2.24, 2.45) is 0 Å². The van der Waals surface area contributed by atoms with Crippen molar-refractivity contribution in [3.05, 3.63) is 59.2 Å². The average molecular weight is 290 g/mol. The number of anilines is 2. The second kappa shape index (κ2) is 6.35. The molecule has 0 bridgehead atoms. The maximum absolute atomic E-state index is 13.6. The highest BCUT2D eigenvalue weighted by Crippen LogP contribution is 2.21. The minimum atomic E-state index is -0.805. The SMILES string of the molecule is CCNc1ccc(C)cc1C(=O)Nc1ccc(F)cc1F. The van der Waals surface area contributed by atoms with Gasteiger partial charge >= 0.3 is 0 Å². The summed E-state index contributed by atoms with van der Waals surface area (Å²) in [6.45, 7) is 4.44. The smallest absolute Gasteiger partial charge is 0.257 e. The van der Waals surface area contributed by atoms with E-state index in [2.05, 4.69) is 10.6 Å². The molecule has 0 unspecified atom stereocenters. The van der Waals surface area contributed by atoms with Crippen LogP contribution in [0.5, 0.6) is 0 Å². The summed E-state index contributed by atoms with van der Waals surface area (Å²) in [5, 5.41) is 5.54. The summed E-state index contributed by atoms with van der Waals surface area (Å²) < 4.78 is 26.4. The monoisotopic (exact) mass is 290 g/mol. The summed E-state index contributed by atoms with van der Waals surface area (Å²) in [6.07, 6.45) is 0. The highest BCUT2D eigenvalue weighted by molar-refractivity contribution is 6.08. The van der Waals surface area contributed by atoms with E-state index in [1.807, 2.05) is 19.9 Å². The standard InChI is InChI=1S/C16H16F2N2O/c1-3-19-14-6-4-10(2)8-12(14)16(21)20-15-7-5-11(17)9-13(15)18/h4-9,19H,3H2,1-2H3,(H,20,21). The highest BCUT2D eigenvalue weighted by atomic mass is 19.1. The van der Waals surface area contributed by atoms with E-state index in [-0.39, 0.29) is 5.69 Å². The third-order valence-corrected chi connectivity index (χ3v) is 2.97. The van der Waals surface area contributed by atoms with Gasteiger partial charge in [-0.25, -0.2) is 8.78 Å². The van der Waals surface area contributed by atoms with Gasteiger partial charge in [0.15, 0.2) is 0 Å². The van der Waals surface area contributed by atoms with E-state index in [1.165, 1.54) is 6.07 Å². The fraction of sp³-hybridized carbons (Fsp3) is 0.188. The number of hydrogen-bond acceptors (Lipinski definition) is 2. The Morgan fingerprint density at radius 3 is 2.48 bits per heavy atom. The topological polar surface area (TPSA) is 41.1 Å². The molecule has 2 N–H and O–H groups in total. The molecule has 0 spiro atoms. The molecule has 0 aliphatic carbocycles. The van der Waals surface area contributed by atoms with Gasteiger partial charge in [0.05, 0.1) is 11.3 Å². The van der Waals surface area contributed by atoms with Crippen LogP contribution in [0.3, 0.4) is 0 Å². The Balaban J connectivity index is 2.29. The summed E-state index contributed by atoms with van der Waals surface area (Å²) in [6, 6.07) is 8.43. The Labute approximate surface area is 122 Å². The maximum Gasteiger partial charge on any atom is 0.257 e. The number of aryl methyl sites for hydroxylation is 1. The Kier molecular flexibility index (Phi) is 4.52. The van der Waals surface area contributed by atoms with E-state index in [0.29, 0.717) is 17.8 Å². The summed E-state index contributed by atoms with van der Waals surface area (Å²) in [4.78, 5) is 12.3. The van der Waals surface area contributed by atoms with Crippen molar-refractivity contribution >= 4 is 17.3 Å². The zero-order valence-electron chi connectivity index (χ0n) is 11.8. The molecular weight excluding hydrogens is 274 g/mol. The van der Waals surface area contributed by atoms with E-state index >= 15 is 0 Å². The number of halogens is 2. The van der Waals surface area contributed by atoms with Crippen molar-refractivity contribution in [3.8, 4) is 0 Å². The van der Waals surface area contributed by atoms with Crippen molar-refractivity contribution in [1.82, 2.24) is 0 Å². The summed E-state index contributed by atoms with van der Waals surface area (Å²) in [5.74, 6) is -1.93. The first-order valence-corrected chi connectivity index (χ1v) is 6.62. The number of nitrogens with one attached hydrogen (secondary N) is 2. The second-order valence-corrected chi connectivity index (χ2v) is 4.66. The molecule has 2 aromatic carbocycles. The molecule has 3 nitrogen and oxygen atoms in total. The molecule has 1 amide bonds. The van der Waals surface area contributed by atoms with Crippen LogP contribution < -0.4 is 10.6 Å². The number of amides is 1. The number of carbonyl (C=O) groups is 1. The van der Waals surface area contributed by atoms with Gasteiger partial charge < -0.3 is 10.6 Å². The van der Waals surface area contributed by atoms with Crippen molar-refractivity contribution < 1.29 is 13.6 Å². The van der Waals surface area contributed by atoms with Crippen LogP contribution in [0.15, 0.2) is 36.4 Å². The Morgan fingerprint density at radius 1 is 1.10 bits per heavy atom. The molecule has 0 radical (unpaired) electrons. The maximum atomic E-state index is 13.6. The predicted octanol–water partition coefficient (Wildman–Crippen LogP) is 3.96. The molecule has 0 saturated heterocycles. The summed E-state index contributed by atoms with van der Waals surface area (Å²) in [5.41, 5.74) is 1.95. The van der Waals surface area contributed by atoms with E-state index in [4.69, 9.17) is 0 Å². The van der Waals surface area contributed by atoms with E-state index in [1.54, 1.807) is 12.1 Å². The molecule has 21 heavy (non-hydrogen) atoms. The first-order valence-electron chi connectivity index (χ1n) is 6.62. The van der Waals surface area contributed by atoms with Gasteiger partial charge in [-0.3, -0.25) is 4.79 Å². The van der Waals surface area contributed by atoms with Gasteiger partial charge in [-0.15, -0.1) is 0 Å². The van der Waals surface area contributed by atoms with Crippen LogP contribution >= 0.6 is 0 Å². The molecule has 0 heterocycles. The average Bonchev–Trinajstić information content (AvgIpc) is 2.44. The quantitative estimate of drug-likeness (QED) is 0.895. The lowest BCUT2D eigenvalue weighted by molar-refractivity contribution is 0.102. The molecule has 0 aliphatic heterocycles. The van der Waals surface area contributed by atoms with Crippen LogP contribution in [-0.2, 0) is 0 Å². The van der Waals surface area contributed by atoms with Gasteiger partial charge in [0.25, 0.3) is 5.91 Å². The van der Waals surface area contributed by atoms with Crippen molar-refractivity contribution in [2.45, 2.75) is 13.8 Å². The van der Waals surface area contributed by atoms with Crippen molar-refractivity contribution in [1.29, 1.82) is 0 Å². The lowest BCUT2D eigenvalue weighted by Crippen LogP contribution is -2.16. The summed E-state index contributed by atoms with van der Waals surface area (Å²) >= 11 is 0. The van der Waals surface area contributed by atoms with Gasteiger partial charge in [-0.05, 0) is 38.1 Å². The molecule has 0 aliphatic rings. The van der Waals surface area contributed by atoms with Gasteiger partial charge in [-0.1, -0.05) is 11.6 Å². The van der Waals surface area contributed by atoms with E-state index in [9.17, 15) is 13.6 Å². The van der Waals surface area contributed by atoms with Gasteiger partial charge in [0, 0.05) is 18.3 Å². The predicted molar refractivity (Wildman–Crippen MR) is 79.7 cm³/mol. The van der Waals surface area contributed by atoms with Gasteiger partial charge in [0.1, 0.15) is 11.6 Å². The molecular formula is C16H16F2N2O. The van der Waals surface area contributed by atoms with Crippen LogP contribution in [0.25, 0.3) is 0 Å². The van der Waals surface area contributed by atoms with Crippen molar-refractivity contribution in [3.63, 3.8) is 0 Å². The van der Waals surface area contributed by atoms with Crippen LogP contribution in [-0.4, -0.2) is 12.5 Å². The van der Waals surface area contributed by atoms with E-state index < -0.39 is 17.5 Å². The molecule has 0 fully saturated rings. The molecule has 5 heteroatoms. The first kappa shape index (κ1) is 15.0. The zero-order chi connectivity index (χ0) is 15.4. The Bertz CT molecular complexity index is 671. The van der Waals surface area contributed by atoms with Crippen molar-refractivity contribution in [2.75, 3.05) is 17.2 Å². The Hall–Kier alpha value is -2.43. The van der Waals surface area contributed by atoms with E-state index in [0.717, 1.165) is 17.7 Å². The number of rotatable bonds is 4. The fourth-order valence-electron chi connectivity index (χ4n) is 1.97. The minimum Gasteiger partial charge on any atom is -0.385 e. The lowest BCUT2D eigenvalue weighted by atomic mass is 10.1. The lowest BCUT2D eigenvalue weighted by Gasteiger charge is -2.12. The number of hydrogen-bond donors (Lipinski definition) is 2. The van der Waals surface area contributed by atoms with Crippen LogP contribution in [0, 0.1) is 18.6 Å². The third-order valence-electron chi connectivity index (χ3n) is 2.97. The van der Waals surface area contributed by atoms with Crippen LogP contribution in [0.1, 0.15) is 22.8 Å². The third kappa shape index (κ3) is 3.56. The van der Waals surface area contributed by atoms with Crippen LogP contribution in [0.2, 0.25) is 0 Å². The fourth-order valence-corrected chi connectivity index (χ4v) is 1.97. The molecule has 0 aromatic heterocycles. The molecule has 0 atom stereocenters. The summed E-state index contributed by atoms with van der Waals surface area (Å²) in [7, 11) is 0. The van der Waals surface area contributed by atoms with Crippen LogP contribution in [0.4, 0.5) is 20.2 Å². The number of benzene rings is 2. The van der Waals surface area contributed by atoms with Gasteiger partial charge in [-0.2, -0.15) is 0 Å². The largest absolute Gasteiger partial charge is 0.385 e. The zero-order valence-corrected chi connectivity index (χ0v) is 11.8. The number of carbonyl (C=O) groups excluding carboxylic acids is 1. The minimum absolute atomic E-state index is 0.0506. The highest BCUT2D eigenvalue weighted by Gasteiger charge is 2.14. The molecule has 2 aromatic rings. The molecule has 110 valence electrons.